The molecule has 0 aromatic carbocycles. The van der Waals surface area contributed by atoms with Crippen molar-refractivity contribution < 1.29 is 18.9 Å². The third-order valence-electron chi connectivity index (χ3n) is 3.41. The molecule has 0 unspecified atom stereocenters. The number of methoxy groups -OCH3 is 2. The van der Waals surface area contributed by atoms with Gasteiger partial charge >= 0.3 is 0 Å². The Balaban J connectivity index is 1.84. The van der Waals surface area contributed by atoms with Crippen LogP contribution in [-0.4, -0.2) is 27.4 Å². The summed E-state index contributed by atoms with van der Waals surface area (Å²) in [4.78, 5) is 4.44. The molecular weight excluding hydrogens is 352 g/mol. The summed E-state index contributed by atoms with van der Waals surface area (Å²) in [7, 11) is 3.37. The van der Waals surface area contributed by atoms with Gasteiger partial charge in [0.05, 0.1) is 33.7 Å². The van der Waals surface area contributed by atoms with E-state index in [4.69, 9.17) is 18.9 Å². The first-order valence-corrected chi connectivity index (χ1v) is 9.46. The Morgan fingerprint density at radius 2 is 1.22 bits per heavy atom. The first-order valence-electron chi connectivity index (χ1n) is 7.01. The van der Waals surface area contributed by atoms with Crippen LogP contribution in [0.2, 0.25) is 0 Å². The van der Waals surface area contributed by atoms with E-state index in [-0.39, 0.29) is 0 Å². The second kappa shape index (κ2) is 6.07. The van der Waals surface area contributed by atoms with Crippen LogP contribution in [0.25, 0.3) is 19.5 Å². The second-order valence-electron chi connectivity index (χ2n) is 4.76. The van der Waals surface area contributed by atoms with E-state index in [0.29, 0.717) is 13.2 Å². The van der Waals surface area contributed by atoms with Crippen LogP contribution in [-0.2, 0) is 0 Å². The summed E-state index contributed by atoms with van der Waals surface area (Å²) in [6.45, 7) is 1.15. The molecule has 0 bridgehead atoms. The molecule has 0 aliphatic carbocycles. The van der Waals surface area contributed by atoms with E-state index in [1.165, 1.54) is 0 Å². The molecule has 0 amide bonds. The molecule has 1 aliphatic heterocycles. The minimum atomic E-state index is 0.576. The summed E-state index contributed by atoms with van der Waals surface area (Å²) in [5.41, 5.74) is 0. The van der Waals surface area contributed by atoms with Crippen LogP contribution in [0.15, 0.2) is 24.3 Å². The topological polar surface area (TPSA) is 36.9 Å². The summed E-state index contributed by atoms with van der Waals surface area (Å²) in [5, 5.41) is 1.77. The first kappa shape index (κ1) is 14.9. The lowest BCUT2D eigenvalue weighted by Crippen LogP contribution is -2.14. The van der Waals surface area contributed by atoms with E-state index < -0.39 is 0 Å². The quantitative estimate of drug-likeness (QED) is 0.652. The molecule has 0 saturated carbocycles. The Hall–Kier alpha value is -1.70. The number of hydrogen-bond donors (Lipinski definition) is 0. The number of rotatable bonds is 4. The van der Waals surface area contributed by atoms with Gasteiger partial charge in [-0.25, -0.2) is 0 Å². The smallest absolute Gasteiger partial charge is 0.181 e. The molecule has 0 spiro atoms. The van der Waals surface area contributed by atoms with Crippen molar-refractivity contribution in [3.63, 3.8) is 0 Å². The van der Waals surface area contributed by atoms with E-state index in [1.54, 1.807) is 48.2 Å². The lowest BCUT2D eigenvalue weighted by molar-refractivity contribution is 0.175. The van der Waals surface area contributed by atoms with Crippen LogP contribution in [0.1, 0.15) is 0 Å². The molecule has 0 atom stereocenters. The van der Waals surface area contributed by atoms with Crippen molar-refractivity contribution >= 4 is 34.0 Å². The molecule has 7 heteroatoms. The zero-order chi connectivity index (χ0) is 15.8. The fourth-order valence-corrected chi connectivity index (χ4v) is 5.42. The minimum Gasteiger partial charge on any atom is -0.487 e. The SMILES string of the molecule is COc1ccc(-c2sc(-c3ccc(OC)s3)c3c2OCCO3)s1. The van der Waals surface area contributed by atoms with Crippen LogP contribution in [0, 0.1) is 0 Å². The van der Waals surface area contributed by atoms with Crippen molar-refractivity contribution in [1.29, 1.82) is 0 Å². The number of hydrogen-bond acceptors (Lipinski definition) is 7. The van der Waals surface area contributed by atoms with Crippen LogP contribution in [0.4, 0.5) is 0 Å². The van der Waals surface area contributed by atoms with Gasteiger partial charge in [0.25, 0.3) is 0 Å². The van der Waals surface area contributed by atoms with Crippen molar-refractivity contribution in [2.75, 3.05) is 27.4 Å². The van der Waals surface area contributed by atoms with Gasteiger partial charge in [-0.05, 0) is 24.3 Å². The average Bonchev–Trinajstić information content (AvgIpc) is 3.31. The lowest BCUT2D eigenvalue weighted by atomic mass is 10.3. The Bertz CT molecular complexity index is 764. The van der Waals surface area contributed by atoms with Crippen molar-refractivity contribution in [1.82, 2.24) is 0 Å². The molecule has 0 N–H and O–H groups in total. The molecule has 4 heterocycles. The normalized spacial score (nSPS) is 13.1. The molecule has 1 aliphatic rings. The van der Waals surface area contributed by atoms with Gasteiger partial charge in [0.2, 0.25) is 0 Å². The van der Waals surface area contributed by atoms with Crippen LogP contribution in [0.3, 0.4) is 0 Å². The molecular formula is C16H14O4S3. The van der Waals surface area contributed by atoms with Gasteiger partial charge in [-0.3, -0.25) is 0 Å². The first-order chi connectivity index (χ1) is 11.3. The van der Waals surface area contributed by atoms with Gasteiger partial charge in [-0.2, -0.15) is 0 Å². The van der Waals surface area contributed by atoms with Gasteiger partial charge < -0.3 is 18.9 Å². The molecule has 0 fully saturated rings. The van der Waals surface area contributed by atoms with E-state index >= 15 is 0 Å². The fraction of sp³-hybridized carbons (Fsp3) is 0.250. The van der Waals surface area contributed by atoms with Crippen LogP contribution in [0.5, 0.6) is 21.6 Å². The number of fused-ring (bicyclic) bond motifs is 1. The van der Waals surface area contributed by atoms with Crippen molar-refractivity contribution in [3.8, 4) is 41.1 Å². The maximum atomic E-state index is 5.91. The lowest BCUT2D eigenvalue weighted by Gasteiger charge is -2.16. The molecule has 0 saturated heterocycles. The minimum absolute atomic E-state index is 0.576. The average molecular weight is 366 g/mol. The maximum absolute atomic E-state index is 5.91. The highest BCUT2D eigenvalue weighted by molar-refractivity contribution is 7.27. The van der Waals surface area contributed by atoms with E-state index in [0.717, 1.165) is 41.1 Å². The molecule has 23 heavy (non-hydrogen) atoms. The highest BCUT2D eigenvalue weighted by Gasteiger charge is 2.27. The largest absolute Gasteiger partial charge is 0.487 e. The van der Waals surface area contributed by atoms with Gasteiger partial charge in [-0.15, -0.1) is 11.3 Å². The Labute approximate surface area is 145 Å². The highest BCUT2D eigenvalue weighted by Crippen LogP contribution is 2.56. The zero-order valence-electron chi connectivity index (χ0n) is 12.6. The predicted octanol–water partition coefficient (Wildman–Crippen LogP) is 4.99. The monoisotopic (exact) mass is 366 g/mol. The second-order valence-corrected chi connectivity index (χ2v) is 7.87. The Morgan fingerprint density at radius 3 is 1.61 bits per heavy atom. The summed E-state index contributed by atoms with van der Waals surface area (Å²) in [6, 6.07) is 8.08. The molecule has 3 aromatic heterocycles. The van der Waals surface area contributed by atoms with Crippen molar-refractivity contribution in [3.05, 3.63) is 24.3 Å². The Morgan fingerprint density at radius 1 is 0.739 bits per heavy atom. The third kappa shape index (κ3) is 2.58. The summed E-state index contributed by atoms with van der Waals surface area (Å²) in [5.74, 6) is 1.68. The van der Waals surface area contributed by atoms with E-state index in [2.05, 4.69) is 12.1 Å². The number of ether oxygens (including phenoxy) is 4. The zero-order valence-corrected chi connectivity index (χ0v) is 15.0. The summed E-state index contributed by atoms with van der Waals surface area (Å²) >= 11 is 4.91. The summed E-state index contributed by atoms with van der Waals surface area (Å²) < 4.78 is 22.4. The molecule has 4 nitrogen and oxygen atoms in total. The van der Waals surface area contributed by atoms with Crippen molar-refractivity contribution in [2.24, 2.45) is 0 Å². The van der Waals surface area contributed by atoms with Gasteiger partial charge in [0, 0.05) is 0 Å². The fourth-order valence-electron chi connectivity index (χ4n) is 2.38. The maximum Gasteiger partial charge on any atom is 0.181 e. The predicted molar refractivity (Wildman–Crippen MR) is 95.0 cm³/mol. The standard InChI is InChI=1S/C16H14O4S3/c1-17-11-5-3-9(21-11)15-13-14(20-8-7-19-13)16(23-15)10-4-6-12(18-2)22-10/h3-6H,7-8H2,1-2H3. The summed E-state index contributed by atoms with van der Waals surface area (Å²) in [6.07, 6.45) is 0. The van der Waals surface area contributed by atoms with Crippen LogP contribution < -0.4 is 18.9 Å². The highest BCUT2D eigenvalue weighted by atomic mass is 32.1. The van der Waals surface area contributed by atoms with E-state index in [9.17, 15) is 0 Å². The third-order valence-corrected chi connectivity index (χ3v) is 7.02. The molecule has 0 radical (unpaired) electrons. The van der Waals surface area contributed by atoms with Crippen LogP contribution >= 0.6 is 34.0 Å². The number of thiophene rings is 3. The van der Waals surface area contributed by atoms with Gasteiger partial charge in [-0.1, -0.05) is 22.7 Å². The van der Waals surface area contributed by atoms with Gasteiger partial charge in [0.1, 0.15) is 13.2 Å². The van der Waals surface area contributed by atoms with Gasteiger partial charge in [0.15, 0.2) is 21.6 Å². The molecule has 4 rings (SSSR count). The van der Waals surface area contributed by atoms with Crippen molar-refractivity contribution in [2.45, 2.75) is 0 Å². The van der Waals surface area contributed by atoms with E-state index in [1.807, 2.05) is 12.1 Å². The molecule has 3 aromatic rings. The Kier molecular flexibility index (Phi) is 3.92. The molecule has 120 valence electrons.